The van der Waals surface area contributed by atoms with Crippen LogP contribution in [0.15, 0.2) is 28.3 Å². The molecule has 1 aliphatic rings. The molecular weight excluding hydrogens is 246 g/mol. The molecule has 4 nitrogen and oxygen atoms in total. The molecule has 1 fully saturated rings. The highest BCUT2D eigenvalue weighted by Gasteiger charge is 2.19. The van der Waals surface area contributed by atoms with Gasteiger partial charge in [0, 0.05) is 23.7 Å². The Labute approximate surface area is 112 Å². The lowest BCUT2D eigenvalue weighted by atomic mass is 10.1. The second-order valence-electron chi connectivity index (χ2n) is 4.39. The number of oxime groups is 1. The van der Waals surface area contributed by atoms with Crippen LogP contribution < -0.4 is 10.6 Å². The average molecular weight is 265 g/mol. The van der Waals surface area contributed by atoms with E-state index < -0.39 is 0 Å². The Hall–Kier alpha value is -1.36. The molecule has 0 amide bonds. The van der Waals surface area contributed by atoms with Gasteiger partial charge in [0.05, 0.1) is 5.56 Å². The first-order valence-electron chi connectivity index (χ1n) is 6.17. The molecule has 0 atom stereocenters. The molecule has 0 radical (unpaired) electrons. The normalized spacial score (nSPS) is 16.9. The number of nitrogens with zero attached hydrogens (tertiary/aromatic N) is 2. The Morgan fingerprint density at radius 2 is 2.06 bits per heavy atom. The number of amidine groups is 1. The number of rotatable bonds is 3. The van der Waals surface area contributed by atoms with Gasteiger partial charge in [-0.15, -0.1) is 11.8 Å². The zero-order valence-corrected chi connectivity index (χ0v) is 11.4. The fourth-order valence-electron chi connectivity index (χ4n) is 2.40. The van der Waals surface area contributed by atoms with Gasteiger partial charge in [0.15, 0.2) is 5.84 Å². The van der Waals surface area contributed by atoms with E-state index in [0.29, 0.717) is 0 Å². The van der Waals surface area contributed by atoms with Crippen molar-refractivity contribution in [1.82, 2.24) is 0 Å². The molecule has 0 saturated carbocycles. The van der Waals surface area contributed by atoms with E-state index in [0.717, 1.165) is 29.2 Å². The molecule has 0 spiro atoms. The summed E-state index contributed by atoms with van der Waals surface area (Å²) in [6.07, 6.45) is 5.71. The summed E-state index contributed by atoms with van der Waals surface area (Å²) in [5.74, 6) is 0.195. The predicted octanol–water partition coefficient (Wildman–Crippen LogP) is 2.49. The van der Waals surface area contributed by atoms with E-state index in [9.17, 15) is 0 Å². The Morgan fingerprint density at radius 1 is 1.33 bits per heavy atom. The predicted molar refractivity (Wildman–Crippen MR) is 76.8 cm³/mol. The summed E-state index contributed by atoms with van der Waals surface area (Å²) in [4.78, 5) is 3.38. The topological polar surface area (TPSA) is 61.8 Å². The van der Waals surface area contributed by atoms with Crippen LogP contribution in [0.25, 0.3) is 0 Å². The monoisotopic (exact) mass is 265 g/mol. The van der Waals surface area contributed by atoms with Crippen LogP contribution in [0.2, 0.25) is 0 Å². The van der Waals surface area contributed by atoms with Crippen molar-refractivity contribution < 1.29 is 5.21 Å². The van der Waals surface area contributed by atoms with Crippen LogP contribution in [-0.4, -0.2) is 30.4 Å². The van der Waals surface area contributed by atoms with Crippen molar-refractivity contribution in [2.45, 2.75) is 24.2 Å². The SMILES string of the molecule is CSc1cccc(N2CCCCC2)c1/C(N)=N/O. The molecule has 1 aliphatic heterocycles. The van der Waals surface area contributed by atoms with E-state index in [2.05, 4.69) is 16.1 Å². The summed E-state index contributed by atoms with van der Waals surface area (Å²) >= 11 is 1.62. The molecule has 1 heterocycles. The quantitative estimate of drug-likeness (QED) is 0.290. The molecule has 5 heteroatoms. The van der Waals surface area contributed by atoms with Crippen molar-refractivity contribution in [2.24, 2.45) is 10.9 Å². The maximum atomic E-state index is 8.97. The fourth-order valence-corrected chi connectivity index (χ4v) is 3.02. The highest BCUT2D eigenvalue weighted by atomic mass is 32.2. The van der Waals surface area contributed by atoms with E-state index in [4.69, 9.17) is 10.9 Å². The second kappa shape index (κ2) is 6.00. The lowest BCUT2D eigenvalue weighted by molar-refractivity contribution is 0.318. The van der Waals surface area contributed by atoms with Gasteiger partial charge in [-0.05, 0) is 37.7 Å². The summed E-state index contributed by atoms with van der Waals surface area (Å²) in [6.45, 7) is 2.09. The van der Waals surface area contributed by atoms with Gasteiger partial charge in [0.2, 0.25) is 0 Å². The zero-order chi connectivity index (χ0) is 13.0. The number of anilines is 1. The molecule has 1 aromatic carbocycles. The Kier molecular flexibility index (Phi) is 4.36. The second-order valence-corrected chi connectivity index (χ2v) is 5.24. The molecule has 1 saturated heterocycles. The molecule has 3 N–H and O–H groups in total. The van der Waals surface area contributed by atoms with Crippen LogP contribution in [0.5, 0.6) is 0 Å². The van der Waals surface area contributed by atoms with E-state index >= 15 is 0 Å². The Morgan fingerprint density at radius 3 is 2.67 bits per heavy atom. The lowest BCUT2D eigenvalue weighted by Crippen LogP contribution is -2.32. The van der Waals surface area contributed by atoms with Gasteiger partial charge < -0.3 is 15.8 Å². The Balaban J connectivity index is 2.44. The van der Waals surface area contributed by atoms with E-state index in [1.54, 1.807) is 11.8 Å². The third-order valence-electron chi connectivity index (χ3n) is 3.28. The minimum atomic E-state index is 0.195. The van der Waals surface area contributed by atoms with Crippen LogP contribution in [0.1, 0.15) is 24.8 Å². The van der Waals surface area contributed by atoms with Gasteiger partial charge in [-0.1, -0.05) is 11.2 Å². The van der Waals surface area contributed by atoms with Crippen LogP contribution >= 0.6 is 11.8 Å². The van der Waals surface area contributed by atoms with Gasteiger partial charge >= 0.3 is 0 Å². The number of thioether (sulfide) groups is 1. The molecule has 2 rings (SSSR count). The lowest BCUT2D eigenvalue weighted by Gasteiger charge is -2.31. The minimum absolute atomic E-state index is 0.195. The third-order valence-corrected chi connectivity index (χ3v) is 4.06. The van der Waals surface area contributed by atoms with E-state index in [1.807, 2.05) is 18.4 Å². The minimum Gasteiger partial charge on any atom is -0.409 e. The van der Waals surface area contributed by atoms with Crippen molar-refractivity contribution in [3.05, 3.63) is 23.8 Å². The number of nitrogens with two attached hydrogens (primary N) is 1. The summed E-state index contributed by atoms with van der Waals surface area (Å²) in [5, 5.41) is 12.1. The molecule has 0 aromatic heterocycles. The highest BCUT2D eigenvalue weighted by molar-refractivity contribution is 7.98. The highest BCUT2D eigenvalue weighted by Crippen LogP contribution is 2.31. The summed E-state index contributed by atoms with van der Waals surface area (Å²) in [6, 6.07) is 6.09. The molecule has 1 aromatic rings. The molecule has 18 heavy (non-hydrogen) atoms. The largest absolute Gasteiger partial charge is 0.409 e. The van der Waals surface area contributed by atoms with Crippen LogP contribution in [-0.2, 0) is 0 Å². The summed E-state index contributed by atoms with van der Waals surface area (Å²) in [5.41, 5.74) is 7.77. The smallest absolute Gasteiger partial charge is 0.173 e. The first-order valence-corrected chi connectivity index (χ1v) is 7.40. The first-order chi connectivity index (χ1) is 8.77. The standard InChI is InChI=1S/C13H19N3OS/c1-18-11-7-5-6-10(12(11)13(14)15-17)16-8-3-2-4-9-16/h5-7,17H,2-4,8-9H2,1H3,(H2,14,15). The van der Waals surface area contributed by atoms with Crippen molar-refractivity contribution >= 4 is 23.3 Å². The van der Waals surface area contributed by atoms with Gasteiger partial charge in [-0.25, -0.2) is 0 Å². The van der Waals surface area contributed by atoms with Gasteiger partial charge in [-0.3, -0.25) is 0 Å². The molecular formula is C13H19N3OS. The maximum Gasteiger partial charge on any atom is 0.173 e. The molecule has 0 unspecified atom stereocenters. The van der Waals surface area contributed by atoms with Crippen molar-refractivity contribution in [1.29, 1.82) is 0 Å². The van der Waals surface area contributed by atoms with Gasteiger partial charge in [0.25, 0.3) is 0 Å². The fraction of sp³-hybridized carbons (Fsp3) is 0.462. The average Bonchev–Trinajstić information content (AvgIpc) is 2.46. The Bertz CT molecular complexity index is 442. The summed E-state index contributed by atoms with van der Waals surface area (Å²) in [7, 11) is 0. The molecule has 0 aliphatic carbocycles. The number of benzene rings is 1. The number of hydrogen-bond acceptors (Lipinski definition) is 4. The maximum absolute atomic E-state index is 8.97. The number of hydrogen-bond donors (Lipinski definition) is 2. The molecule has 0 bridgehead atoms. The van der Waals surface area contributed by atoms with E-state index in [1.165, 1.54) is 19.3 Å². The molecule has 98 valence electrons. The summed E-state index contributed by atoms with van der Waals surface area (Å²) < 4.78 is 0. The first kappa shape index (κ1) is 13.1. The van der Waals surface area contributed by atoms with Gasteiger partial charge in [-0.2, -0.15) is 0 Å². The van der Waals surface area contributed by atoms with Crippen molar-refractivity contribution in [3.8, 4) is 0 Å². The zero-order valence-electron chi connectivity index (χ0n) is 10.6. The van der Waals surface area contributed by atoms with Crippen LogP contribution in [0.4, 0.5) is 5.69 Å². The van der Waals surface area contributed by atoms with E-state index in [-0.39, 0.29) is 5.84 Å². The van der Waals surface area contributed by atoms with Crippen LogP contribution in [0, 0.1) is 0 Å². The third kappa shape index (κ3) is 2.56. The van der Waals surface area contributed by atoms with Gasteiger partial charge in [0.1, 0.15) is 0 Å². The van der Waals surface area contributed by atoms with Crippen LogP contribution in [0.3, 0.4) is 0 Å². The van der Waals surface area contributed by atoms with Crippen molar-refractivity contribution in [3.63, 3.8) is 0 Å². The number of piperidine rings is 1. The van der Waals surface area contributed by atoms with Crippen molar-refractivity contribution in [2.75, 3.05) is 24.2 Å².